The lowest BCUT2D eigenvalue weighted by Crippen LogP contribution is -2.20. The van der Waals surface area contributed by atoms with Crippen LogP contribution in [0.1, 0.15) is 12.8 Å². The molecule has 118 valence electrons. The molecule has 0 radical (unpaired) electrons. The van der Waals surface area contributed by atoms with E-state index < -0.39 is 0 Å². The Morgan fingerprint density at radius 2 is 2.09 bits per heavy atom. The fraction of sp³-hybridized carbons (Fsp3) is 0.353. The third-order valence-electron chi connectivity index (χ3n) is 4.31. The van der Waals surface area contributed by atoms with E-state index in [2.05, 4.69) is 14.5 Å². The van der Waals surface area contributed by atoms with Crippen LogP contribution in [0.3, 0.4) is 0 Å². The predicted molar refractivity (Wildman–Crippen MR) is 89.3 cm³/mol. The zero-order chi connectivity index (χ0) is 15.6. The maximum absolute atomic E-state index is 6.24. The lowest BCUT2D eigenvalue weighted by molar-refractivity contribution is 0.0615. The Bertz CT molecular complexity index is 826. The number of hydrogen-bond donors (Lipinski definition) is 0. The number of hydrogen-bond acceptors (Lipinski definition) is 4. The molecule has 23 heavy (non-hydrogen) atoms. The normalized spacial score (nSPS) is 16.0. The van der Waals surface area contributed by atoms with Crippen molar-refractivity contribution in [1.82, 2.24) is 19.5 Å². The van der Waals surface area contributed by atoms with Crippen LogP contribution in [-0.2, 0) is 11.3 Å². The molecule has 0 saturated carbocycles. The Hall–Kier alpha value is -1.98. The molecule has 3 aromatic heterocycles. The van der Waals surface area contributed by atoms with Gasteiger partial charge in [0.2, 0.25) is 0 Å². The quantitative estimate of drug-likeness (QED) is 0.737. The first kappa shape index (κ1) is 14.6. The molecule has 0 spiro atoms. The maximum atomic E-state index is 6.24. The molecule has 0 aliphatic carbocycles. The Morgan fingerprint density at radius 1 is 1.22 bits per heavy atom. The minimum absolute atomic E-state index is 0.606. The van der Waals surface area contributed by atoms with Crippen LogP contribution in [0.4, 0.5) is 0 Å². The van der Waals surface area contributed by atoms with Crippen LogP contribution in [0.2, 0.25) is 5.02 Å². The molecule has 4 rings (SSSR count). The minimum Gasteiger partial charge on any atom is -0.381 e. The molecule has 1 aliphatic rings. The number of nitrogens with zero attached hydrogens (tertiary/aromatic N) is 4. The van der Waals surface area contributed by atoms with Gasteiger partial charge in [0.25, 0.3) is 0 Å². The van der Waals surface area contributed by atoms with E-state index in [1.165, 1.54) is 0 Å². The largest absolute Gasteiger partial charge is 0.381 e. The monoisotopic (exact) mass is 328 g/mol. The summed E-state index contributed by atoms with van der Waals surface area (Å²) in [6, 6.07) is 5.83. The number of ether oxygens (including phenoxy) is 1. The maximum Gasteiger partial charge on any atom is 0.160 e. The smallest absolute Gasteiger partial charge is 0.160 e. The van der Waals surface area contributed by atoms with Gasteiger partial charge in [-0.15, -0.1) is 0 Å². The van der Waals surface area contributed by atoms with Crippen molar-refractivity contribution in [3.8, 4) is 11.3 Å². The van der Waals surface area contributed by atoms with Gasteiger partial charge in [0, 0.05) is 37.7 Å². The van der Waals surface area contributed by atoms with Crippen molar-refractivity contribution in [1.29, 1.82) is 0 Å². The lowest BCUT2D eigenvalue weighted by Gasteiger charge is -2.22. The fourth-order valence-electron chi connectivity index (χ4n) is 3.01. The van der Waals surface area contributed by atoms with Gasteiger partial charge in [0.05, 0.1) is 17.0 Å². The van der Waals surface area contributed by atoms with E-state index in [0.717, 1.165) is 55.0 Å². The molecular weight excluding hydrogens is 312 g/mol. The number of rotatable bonds is 3. The topological polar surface area (TPSA) is 52.8 Å². The van der Waals surface area contributed by atoms with Crippen molar-refractivity contribution in [3.05, 3.63) is 41.9 Å². The van der Waals surface area contributed by atoms with Crippen LogP contribution in [0, 0.1) is 5.92 Å². The van der Waals surface area contributed by atoms with Gasteiger partial charge in [-0.25, -0.2) is 9.97 Å². The summed E-state index contributed by atoms with van der Waals surface area (Å²) in [7, 11) is 0. The molecule has 0 unspecified atom stereocenters. The molecule has 0 bridgehead atoms. The molecule has 1 fully saturated rings. The van der Waals surface area contributed by atoms with Gasteiger partial charge in [-0.3, -0.25) is 4.98 Å². The summed E-state index contributed by atoms with van der Waals surface area (Å²) >= 11 is 6.24. The highest BCUT2D eigenvalue weighted by Gasteiger charge is 2.16. The average Bonchev–Trinajstić information content (AvgIpc) is 2.98. The fourth-order valence-corrected chi connectivity index (χ4v) is 3.23. The first-order chi connectivity index (χ1) is 11.3. The van der Waals surface area contributed by atoms with E-state index >= 15 is 0 Å². The van der Waals surface area contributed by atoms with E-state index in [0.29, 0.717) is 10.9 Å². The second-order valence-electron chi connectivity index (χ2n) is 5.85. The zero-order valence-corrected chi connectivity index (χ0v) is 13.4. The van der Waals surface area contributed by atoms with Crippen LogP contribution in [-0.4, -0.2) is 32.7 Å². The molecule has 1 saturated heterocycles. The first-order valence-electron chi connectivity index (χ1n) is 7.81. The average molecular weight is 329 g/mol. The number of fused-ring (bicyclic) bond motifs is 1. The SMILES string of the molecule is Clc1cnccc1-c1ccc2ncn(CC3CCOCC3)c2n1. The molecule has 5 nitrogen and oxygen atoms in total. The Labute approximate surface area is 139 Å². The van der Waals surface area contributed by atoms with Crippen LogP contribution >= 0.6 is 11.6 Å². The van der Waals surface area contributed by atoms with Crippen LogP contribution < -0.4 is 0 Å². The van der Waals surface area contributed by atoms with Gasteiger partial charge >= 0.3 is 0 Å². The van der Waals surface area contributed by atoms with Gasteiger partial charge < -0.3 is 9.30 Å². The summed E-state index contributed by atoms with van der Waals surface area (Å²) in [6.07, 6.45) is 7.44. The van der Waals surface area contributed by atoms with E-state index in [1.54, 1.807) is 12.4 Å². The molecule has 0 N–H and O–H groups in total. The minimum atomic E-state index is 0.606. The van der Waals surface area contributed by atoms with Crippen molar-refractivity contribution in [2.75, 3.05) is 13.2 Å². The summed E-state index contributed by atoms with van der Waals surface area (Å²) in [6.45, 7) is 2.63. The Kier molecular flexibility index (Phi) is 3.97. The zero-order valence-electron chi connectivity index (χ0n) is 12.7. The van der Waals surface area contributed by atoms with Crippen molar-refractivity contribution >= 4 is 22.8 Å². The summed E-state index contributed by atoms with van der Waals surface area (Å²) in [5.74, 6) is 0.621. The van der Waals surface area contributed by atoms with Crippen molar-refractivity contribution in [2.24, 2.45) is 5.92 Å². The van der Waals surface area contributed by atoms with E-state index in [9.17, 15) is 0 Å². The van der Waals surface area contributed by atoms with Crippen LogP contribution in [0.5, 0.6) is 0 Å². The predicted octanol–water partition coefficient (Wildman–Crippen LogP) is 3.57. The summed E-state index contributed by atoms with van der Waals surface area (Å²) in [4.78, 5) is 13.3. The van der Waals surface area contributed by atoms with Gasteiger partial charge in [-0.2, -0.15) is 0 Å². The molecule has 4 heterocycles. The van der Waals surface area contributed by atoms with Crippen molar-refractivity contribution in [3.63, 3.8) is 0 Å². The highest BCUT2D eigenvalue weighted by atomic mass is 35.5. The van der Waals surface area contributed by atoms with Crippen LogP contribution in [0.25, 0.3) is 22.4 Å². The summed E-state index contributed by atoms with van der Waals surface area (Å²) in [5, 5.41) is 0.606. The van der Waals surface area contributed by atoms with E-state index in [1.807, 2.05) is 24.5 Å². The number of imidazole rings is 1. The van der Waals surface area contributed by atoms with E-state index in [-0.39, 0.29) is 0 Å². The molecule has 0 atom stereocenters. The molecule has 3 aromatic rings. The van der Waals surface area contributed by atoms with Gasteiger partial charge in [0.1, 0.15) is 5.52 Å². The molecule has 0 amide bonds. The number of pyridine rings is 2. The molecule has 6 heteroatoms. The number of halogens is 1. The number of aromatic nitrogens is 4. The Balaban J connectivity index is 1.70. The first-order valence-corrected chi connectivity index (χ1v) is 8.18. The molecular formula is C17H17ClN4O. The highest BCUT2D eigenvalue weighted by Crippen LogP contribution is 2.27. The third-order valence-corrected chi connectivity index (χ3v) is 4.61. The van der Waals surface area contributed by atoms with Gasteiger partial charge in [-0.1, -0.05) is 11.6 Å². The molecule has 1 aliphatic heterocycles. The third kappa shape index (κ3) is 2.94. The second-order valence-corrected chi connectivity index (χ2v) is 6.25. The second kappa shape index (κ2) is 6.26. The summed E-state index contributed by atoms with van der Waals surface area (Å²) in [5.41, 5.74) is 3.55. The highest BCUT2D eigenvalue weighted by molar-refractivity contribution is 6.33. The molecule has 0 aromatic carbocycles. The van der Waals surface area contributed by atoms with E-state index in [4.69, 9.17) is 21.3 Å². The van der Waals surface area contributed by atoms with Crippen molar-refractivity contribution < 1.29 is 4.74 Å². The lowest BCUT2D eigenvalue weighted by atomic mass is 10.0. The van der Waals surface area contributed by atoms with Gasteiger partial charge in [-0.05, 0) is 37.0 Å². The van der Waals surface area contributed by atoms with Crippen molar-refractivity contribution in [2.45, 2.75) is 19.4 Å². The summed E-state index contributed by atoms with van der Waals surface area (Å²) < 4.78 is 7.58. The van der Waals surface area contributed by atoms with Crippen LogP contribution in [0.15, 0.2) is 36.9 Å². The van der Waals surface area contributed by atoms with Gasteiger partial charge in [0.15, 0.2) is 5.65 Å². The standard InChI is InChI=1S/C17H17ClN4O/c18-14-9-19-6-3-13(14)15-1-2-16-17(21-15)22(11-20-16)10-12-4-7-23-8-5-12/h1-3,6,9,11-12H,4-5,7-8,10H2. The Morgan fingerprint density at radius 3 is 2.91 bits per heavy atom.